The van der Waals surface area contributed by atoms with E-state index >= 15 is 0 Å². The molecule has 1 aliphatic heterocycles. The average molecular weight is 404 g/mol. The number of hydrogen-bond acceptors (Lipinski definition) is 5. The van der Waals surface area contributed by atoms with Crippen molar-refractivity contribution in [3.05, 3.63) is 48.3 Å². The van der Waals surface area contributed by atoms with Crippen LogP contribution < -0.4 is 5.32 Å². The number of amides is 1. The second-order valence-electron chi connectivity index (χ2n) is 5.56. The van der Waals surface area contributed by atoms with Gasteiger partial charge in [-0.3, -0.25) is 9.78 Å². The number of nitrogens with zero attached hydrogens (tertiary/aromatic N) is 4. The number of carbonyl (C=O) groups excluding carboxylic acids is 1. The lowest BCUT2D eigenvalue weighted by atomic mass is 10.1. The molecule has 3 heterocycles. The molecule has 2 aromatic rings. The van der Waals surface area contributed by atoms with Crippen LogP contribution in [0.4, 0.5) is 0 Å². The zero-order valence-electron chi connectivity index (χ0n) is 14.0. The molecule has 3 rings (SSSR count). The van der Waals surface area contributed by atoms with E-state index in [2.05, 4.69) is 15.3 Å². The molecule has 0 aromatic carbocycles. The van der Waals surface area contributed by atoms with Gasteiger partial charge < -0.3 is 14.8 Å². The van der Waals surface area contributed by atoms with E-state index in [-0.39, 0.29) is 36.8 Å². The summed E-state index contributed by atoms with van der Waals surface area (Å²) < 4.78 is 1.99. The van der Waals surface area contributed by atoms with Gasteiger partial charge in [0, 0.05) is 57.2 Å². The number of piperazine rings is 1. The summed E-state index contributed by atoms with van der Waals surface area (Å²) in [6, 6.07) is 3.96. The molecule has 0 aliphatic carbocycles. The minimum absolute atomic E-state index is 0. The fourth-order valence-electron chi connectivity index (χ4n) is 2.75. The van der Waals surface area contributed by atoms with Crippen molar-refractivity contribution in [2.45, 2.75) is 11.8 Å². The van der Waals surface area contributed by atoms with Crippen molar-refractivity contribution in [3.63, 3.8) is 0 Å². The first-order valence-electron chi connectivity index (χ1n) is 7.70. The molecular formula is C16H23Cl2N5OS. The number of halogens is 2. The molecular weight excluding hydrogens is 381 g/mol. The maximum absolute atomic E-state index is 12.6. The Morgan fingerprint density at radius 2 is 2.24 bits per heavy atom. The number of nitrogens with one attached hydrogen (secondary N) is 1. The van der Waals surface area contributed by atoms with Crippen molar-refractivity contribution in [3.8, 4) is 0 Å². The highest BCUT2D eigenvalue weighted by Gasteiger charge is 2.30. The van der Waals surface area contributed by atoms with Gasteiger partial charge in [0.05, 0.1) is 5.75 Å². The Balaban J connectivity index is 0.00000156. The molecule has 1 unspecified atom stereocenters. The lowest BCUT2D eigenvalue weighted by Gasteiger charge is -2.35. The van der Waals surface area contributed by atoms with E-state index in [0.29, 0.717) is 5.75 Å². The van der Waals surface area contributed by atoms with Crippen LogP contribution >= 0.6 is 36.6 Å². The van der Waals surface area contributed by atoms with Crippen molar-refractivity contribution < 1.29 is 4.79 Å². The largest absolute Gasteiger partial charge is 0.336 e. The normalized spacial score (nSPS) is 16.7. The molecule has 1 N–H and O–H groups in total. The van der Waals surface area contributed by atoms with Crippen molar-refractivity contribution in [1.29, 1.82) is 0 Å². The SMILES string of the molecule is Cl.Cl.Cn1ccnc1C1CNCCN1C(=O)CSCc1cccnc1. The van der Waals surface area contributed by atoms with Gasteiger partial charge in [0.15, 0.2) is 0 Å². The summed E-state index contributed by atoms with van der Waals surface area (Å²) >= 11 is 1.63. The van der Waals surface area contributed by atoms with Crippen molar-refractivity contribution in [2.24, 2.45) is 7.05 Å². The molecule has 0 bridgehead atoms. The number of aryl methyl sites for hydroxylation is 1. The molecule has 2 aromatic heterocycles. The van der Waals surface area contributed by atoms with Crippen molar-refractivity contribution >= 4 is 42.5 Å². The molecule has 1 atom stereocenters. The Morgan fingerprint density at radius 3 is 2.92 bits per heavy atom. The molecule has 9 heteroatoms. The molecule has 0 radical (unpaired) electrons. The molecule has 1 amide bonds. The molecule has 138 valence electrons. The van der Waals surface area contributed by atoms with E-state index in [1.807, 2.05) is 41.0 Å². The van der Waals surface area contributed by atoms with Gasteiger partial charge >= 0.3 is 0 Å². The zero-order valence-corrected chi connectivity index (χ0v) is 16.4. The number of thioether (sulfide) groups is 1. The third kappa shape index (κ3) is 5.60. The quantitative estimate of drug-likeness (QED) is 0.827. The summed E-state index contributed by atoms with van der Waals surface area (Å²) in [5.41, 5.74) is 1.14. The van der Waals surface area contributed by atoms with Crippen molar-refractivity contribution in [2.75, 3.05) is 25.4 Å². The first-order chi connectivity index (χ1) is 11.3. The zero-order chi connectivity index (χ0) is 16.1. The Bertz CT molecular complexity index is 655. The number of rotatable bonds is 5. The molecule has 0 saturated carbocycles. The average Bonchev–Trinajstić information content (AvgIpc) is 3.01. The molecule has 1 fully saturated rings. The highest BCUT2D eigenvalue weighted by molar-refractivity contribution is 7.99. The fourth-order valence-corrected chi connectivity index (χ4v) is 3.60. The molecule has 1 saturated heterocycles. The van der Waals surface area contributed by atoms with Crippen LogP contribution in [0, 0.1) is 0 Å². The van der Waals surface area contributed by atoms with Crippen LogP contribution in [0.3, 0.4) is 0 Å². The third-order valence-electron chi connectivity index (χ3n) is 3.94. The van der Waals surface area contributed by atoms with Gasteiger partial charge in [0.25, 0.3) is 0 Å². The standard InChI is InChI=1S/C16H21N5OS.2ClH/c1-20-7-6-19-16(20)14-10-18-5-8-21(14)15(22)12-23-11-13-3-2-4-17-9-13;;/h2-4,6-7,9,14,18H,5,8,10-12H2,1H3;2*1H. The summed E-state index contributed by atoms with van der Waals surface area (Å²) in [7, 11) is 1.97. The molecule has 25 heavy (non-hydrogen) atoms. The Labute approximate surface area is 164 Å². The summed E-state index contributed by atoms with van der Waals surface area (Å²) in [6.45, 7) is 2.31. The highest BCUT2D eigenvalue weighted by atomic mass is 35.5. The minimum atomic E-state index is 0. The van der Waals surface area contributed by atoms with Crippen LogP contribution in [0.2, 0.25) is 0 Å². The maximum Gasteiger partial charge on any atom is 0.233 e. The lowest BCUT2D eigenvalue weighted by Crippen LogP contribution is -2.50. The fraction of sp³-hybridized carbons (Fsp3) is 0.438. The predicted molar refractivity (Wildman–Crippen MR) is 105 cm³/mol. The summed E-state index contributed by atoms with van der Waals surface area (Å²) in [4.78, 5) is 23.1. The van der Waals surface area contributed by atoms with E-state index in [1.165, 1.54) is 0 Å². The van der Waals surface area contributed by atoms with Crippen LogP contribution in [0.5, 0.6) is 0 Å². The number of pyridine rings is 1. The van der Waals surface area contributed by atoms with Gasteiger partial charge in [0.1, 0.15) is 11.9 Å². The van der Waals surface area contributed by atoms with E-state index in [4.69, 9.17) is 0 Å². The van der Waals surface area contributed by atoms with Crippen LogP contribution in [0.15, 0.2) is 36.9 Å². The van der Waals surface area contributed by atoms with Gasteiger partial charge in [-0.25, -0.2) is 4.98 Å². The first-order valence-corrected chi connectivity index (χ1v) is 8.85. The Hall–Kier alpha value is -1.28. The number of imidazole rings is 1. The van der Waals surface area contributed by atoms with Crippen LogP contribution in [-0.4, -0.2) is 50.7 Å². The Kier molecular flexibility index (Phi) is 9.27. The summed E-state index contributed by atoms with van der Waals surface area (Å²) in [5, 5.41) is 3.35. The monoisotopic (exact) mass is 403 g/mol. The van der Waals surface area contributed by atoms with Crippen LogP contribution in [0.25, 0.3) is 0 Å². The topological polar surface area (TPSA) is 63.1 Å². The second-order valence-corrected chi connectivity index (χ2v) is 6.54. The second kappa shape index (κ2) is 10.7. The first kappa shape index (κ1) is 21.8. The third-order valence-corrected chi connectivity index (χ3v) is 4.93. The number of hydrogen-bond donors (Lipinski definition) is 1. The summed E-state index contributed by atoms with van der Waals surface area (Å²) in [5.74, 6) is 2.39. The smallest absolute Gasteiger partial charge is 0.233 e. The van der Waals surface area contributed by atoms with Gasteiger partial charge in [-0.1, -0.05) is 6.07 Å². The van der Waals surface area contributed by atoms with E-state index in [9.17, 15) is 4.79 Å². The maximum atomic E-state index is 12.6. The number of carbonyl (C=O) groups is 1. The van der Waals surface area contributed by atoms with E-state index in [0.717, 1.165) is 36.8 Å². The molecule has 1 aliphatic rings. The minimum Gasteiger partial charge on any atom is -0.336 e. The van der Waals surface area contributed by atoms with E-state index in [1.54, 1.807) is 24.2 Å². The van der Waals surface area contributed by atoms with Gasteiger partial charge in [-0.05, 0) is 11.6 Å². The highest BCUT2D eigenvalue weighted by Crippen LogP contribution is 2.22. The van der Waals surface area contributed by atoms with Gasteiger partial charge in [0.2, 0.25) is 5.91 Å². The van der Waals surface area contributed by atoms with Gasteiger partial charge in [-0.2, -0.15) is 0 Å². The lowest BCUT2D eigenvalue weighted by molar-refractivity contribution is -0.131. The molecule has 6 nitrogen and oxygen atoms in total. The summed E-state index contributed by atoms with van der Waals surface area (Å²) in [6.07, 6.45) is 7.31. The van der Waals surface area contributed by atoms with Crippen LogP contribution in [0.1, 0.15) is 17.4 Å². The van der Waals surface area contributed by atoms with Gasteiger partial charge in [-0.15, -0.1) is 36.6 Å². The number of aromatic nitrogens is 3. The van der Waals surface area contributed by atoms with Crippen LogP contribution in [-0.2, 0) is 17.6 Å². The Morgan fingerprint density at radius 1 is 1.40 bits per heavy atom. The van der Waals surface area contributed by atoms with E-state index < -0.39 is 0 Å². The predicted octanol–water partition coefficient (Wildman–Crippen LogP) is 2.06. The van der Waals surface area contributed by atoms with Crippen molar-refractivity contribution in [1.82, 2.24) is 24.8 Å². The molecule has 0 spiro atoms.